The maximum atomic E-state index is 13.0. The van der Waals surface area contributed by atoms with Gasteiger partial charge in [0.1, 0.15) is 17.3 Å². The lowest BCUT2D eigenvalue weighted by molar-refractivity contribution is 0.0999. The normalized spacial score (nSPS) is 15.3. The van der Waals surface area contributed by atoms with Crippen molar-refractivity contribution in [2.75, 3.05) is 18.4 Å². The van der Waals surface area contributed by atoms with Crippen LogP contribution in [-0.4, -0.2) is 49.9 Å². The summed E-state index contributed by atoms with van der Waals surface area (Å²) in [6.07, 6.45) is 3.60. The number of pyridine rings is 1. The molecule has 2 N–H and O–H groups in total. The van der Waals surface area contributed by atoms with Crippen LogP contribution in [0.25, 0.3) is 0 Å². The first-order chi connectivity index (χ1) is 16.8. The van der Waals surface area contributed by atoms with E-state index >= 15 is 0 Å². The van der Waals surface area contributed by atoms with Gasteiger partial charge in [-0.05, 0) is 61.6 Å². The van der Waals surface area contributed by atoms with Crippen molar-refractivity contribution in [1.29, 1.82) is 0 Å². The van der Waals surface area contributed by atoms with Crippen LogP contribution in [0.5, 0.6) is 0 Å². The van der Waals surface area contributed by atoms with E-state index in [0.29, 0.717) is 42.1 Å². The molecule has 35 heavy (non-hydrogen) atoms. The lowest BCUT2D eigenvalue weighted by Gasteiger charge is -2.30. The number of carboxylic acid groups (broad SMARTS) is 1. The first-order valence-electron chi connectivity index (χ1n) is 11.0. The summed E-state index contributed by atoms with van der Waals surface area (Å²) in [5, 5.41) is 16.5. The number of likely N-dealkylation sites (tertiary alicyclic amines) is 1. The molecular formula is C25H23ClFN5O3. The number of rotatable bonds is 4. The number of benzene rings is 1. The van der Waals surface area contributed by atoms with E-state index in [-0.39, 0.29) is 22.5 Å². The maximum absolute atomic E-state index is 13.0. The average Bonchev–Trinajstić information content (AvgIpc) is 3.20. The Balaban J connectivity index is 1.46. The molecule has 0 bridgehead atoms. The number of anilines is 1. The van der Waals surface area contributed by atoms with Gasteiger partial charge in [-0.2, -0.15) is 5.10 Å². The van der Waals surface area contributed by atoms with Gasteiger partial charge in [-0.25, -0.2) is 14.2 Å². The van der Waals surface area contributed by atoms with E-state index in [0.717, 1.165) is 12.8 Å². The lowest BCUT2D eigenvalue weighted by Crippen LogP contribution is -2.40. The highest BCUT2D eigenvalue weighted by Gasteiger charge is 2.26. The first kappa shape index (κ1) is 24.2. The molecule has 10 heteroatoms. The first-order valence-corrected chi connectivity index (χ1v) is 11.4. The van der Waals surface area contributed by atoms with E-state index in [1.807, 2.05) is 0 Å². The molecule has 1 saturated heterocycles. The largest absolute Gasteiger partial charge is 0.465 e. The summed E-state index contributed by atoms with van der Waals surface area (Å²) in [5.74, 6) is 5.53. The minimum absolute atomic E-state index is 0.0289. The fraction of sp³-hybridized carbons (Fsp3) is 0.280. The van der Waals surface area contributed by atoms with Gasteiger partial charge in [-0.1, -0.05) is 23.4 Å². The minimum atomic E-state index is -0.946. The molecule has 1 aliphatic rings. The van der Waals surface area contributed by atoms with Gasteiger partial charge in [0.05, 0.1) is 11.2 Å². The van der Waals surface area contributed by atoms with Crippen LogP contribution in [-0.2, 0) is 6.54 Å². The Kier molecular flexibility index (Phi) is 7.32. The zero-order valence-corrected chi connectivity index (χ0v) is 19.7. The van der Waals surface area contributed by atoms with Crippen LogP contribution < -0.4 is 5.32 Å². The summed E-state index contributed by atoms with van der Waals surface area (Å²) in [6.45, 7) is 3.07. The highest BCUT2D eigenvalue weighted by atomic mass is 35.5. The molecule has 1 aliphatic heterocycles. The molecular weight excluding hydrogens is 473 g/mol. The SMILES string of the molecule is Cc1cc(C#Cc2ccc(F)cc2)cnc1NC(=O)c1c(Cl)cnn1C[C@@H]1CCCN(C(=O)O)C1. The molecule has 180 valence electrons. The number of carbonyl (C=O) groups excluding carboxylic acids is 1. The van der Waals surface area contributed by atoms with Gasteiger partial charge in [0.25, 0.3) is 5.91 Å². The van der Waals surface area contributed by atoms with Crippen LogP contribution in [0.1, 0.15) is 40.0 Å². The van der Waals surface area contributed by atoms with E-state index in [1.54, 1.807) is 31.3 Å². The number of nitrogens with zero attached hydrogens (tertiary/aromatic N) is 4. The maximum Gasteiger partial charge on any atom is 0.407 e. The summed E-state index contributed by atoms with van der Waals surface area (Å²) in [7, 11) is 0. The van der Waals surface area contributed by atoms with E-state index < -0.39 is 12.0 Å². The van der Waals surface area contributed by atoms with Gasteiger partial charge >= 0.3 is 6.09 Å². The lowest BCUT2D eigenvalue weighted by atomic mass is 9.98. The van der Waals surface area contributed by atoms with E-state index in [2.05, 4.69) is 27.2 Å². The molecule has 1 aromatic carbocycles. The number of aryl methyl sites for hydroxylation is 1. The summed E-state index contributed by atoms with van der Waals surface area (Å²) >= 11 is 6.27. The number of amides is 2. The van der Waals surface area contributed by atoms with Crippen LogP contribution in [0, 0.1) is 30.5 Å². The zero-order chi connectivity index (χ0) is 24.9. The second-order valence-corrected chi connectivity index (χ2v) is 8.77. The minimum Gasteiger partial charge on any atom is -0.465 e. The third-order valence-corrected chi connectivity index (χ3v) is 6.01. The average molecular weight is 496 g/mol. The molecule has 0 spiro atoms. The van der Waals surface area contributed by atoms with Gasteiger partial charge in [0, 0.05) is 37.0 Å². The number of hydrogen-bond donors (Lipinski definition) is 2. The molecule has 4 rings (SSSR count). The van der Waals surface area contributed by atoms with Crippen molar-refractivity contribution >= 4 is 29.4 Å². The number of piperidine rings is 1. The Labute approximate surface area is 206 Å². The Morgan fingerprint density at radius 3 is 2.69 bits per heavy atom. The van der Waals surface area contributed by atoms with Crippen molar-refractivity contribution in [3.63, 3.8) is 0 Å². The number of nitrogens with one attached hydrogen (secondary N) is 1. The third-order valence-electron chi connectivity index (χ3n) is 5.74. The van der Waals surface area contributed by atoms with Crippen LogP contribution in [0.2, 0.25) is 5.02 Å². The summed E-state index contributed by atoms with van der Waals surface area (Å²) < 4.78 is 14.6. The second kappa shape index (κ2) is 10.6. The highest BCUT2D eigenvalue weighted by molar-refractivity contribution is 6.34. The smallest absolute Gasteiger partial charge is 0.407 e. The van der Waals surface area contributed by atoms with Gasteiger partial charge in [0.15, 0.2) is 0 Å². The van der Waals surface area contributed by atoms with Crippen molar-refractivity contribution in [2.24, 2.45) is 5.92 Å². The van der Waals surface area contributed by atoms with E-state index in [1.165, 1.54) is 27.9 Å². The van der Waals surface area contributed by atoms with Gasteiger partial charge in [0.2, 0.25) is 0 Å². The van der Waals surface area contributed by atoms with Crippen LogP contribution in [0.3, 0.4) is 0 Å². The summed E-state index contributed by atoms with van der Waals surface area (Å²) in [4.78, 5) is 30.1. The second-order valence-electron chi connectivity index (χ2n) is 8.36. The Hall–Kier alpha value is -3.90. The molecule has 0 aliphatic carbocycles. The van der Waals surface area contributed by atoms with E-state index in [4.69, 9.17) is 11.6 Å². The van der Waals surface area contributed by atoms with Crippen molar-refractivity contribution in [3.05, 3.63) is 75.9 Å². The number of aromatic nitrogens is 3. The Bertz CT molecular complexity index is 1310. The molecule has 8 nitrogen and oxygen atoms in total. The van der Waals surface area contributed by atoms with Crippen LogP contribution in [0.4, 0.5) is 15.0 Å². The van der Waals surface area contributed by atoms with Crippen molar-refractivity contribution in [2.45, 2.75) is 26.3 Å². The van der Waals surface area contributed by atoms with Crippen LogP contribution in [0.15, 0.2) is 42.7 Å². The quantitative estimate of drug-likeness (QED) is 0.522. The Morgan fingerprint density at radius 2 is 1.97 bits per heavy atom. The number of carbonyl (C=O) groups is 2. The molecule has 0 radical (unpaired) electrons. The summed E-state index contributed by atoms with van der Waals surface area (Å²) in [5.41, 5.74) is 2.22. The van der Waals surface area contributed by atoms with Crippen molar-refractivity contribution in [3.8, 4) is 11.8 Å². The van der Waals surface area contributed by atoms with E-state index in [9.17, 15) is 19.1 Å². The van der Waals surface area contributed by atoms with Crippen molar-refractivity contribution in [1.82, 2.24) is 19.7 Å². The standard InChI is InChI=1S/C25H23ClFN5O3/c1-16-11-18(5-4-17-6-8-20(27)9-7-17)12-28-23(16)30-24(33)22-21(26)13-29-32(22)15-19-3-2-10-31(14-19)25(34)35/h6-9,11-13,19H,2-3,10,14-15H2,1H3,(H,34,35)(H,28,30,33)/t19-/m1/s1. The highest BCUT2D eigenvalue weighted by Crippen LogP contribution is 2.23. The van der Waals surface area contributed by atoms with Gasteiger partial charge < -0.3 is 15.3 Å². The Morgan fingerprint density at radius 1 is 1.23 bits per heavy atom. The molecule has 1 fully saturated rings. The third kappa shape index (κ3) is 5.97. The summed E-state index contributed by atoms with van der Waals surface area (Å²) in [6, 6.07) is 7.67. The molecule has 1 atom stereocenters. The van der Waals surface area contributed by atoms with Gasteiger partial charge in [-0.15, -0.1) is 0 Å². The topological polar surface area (TPSA) is 100 Å². The molecule has 0 unspecified atom stereocenters. The molecule has 3 heterocycles. The fourth-order valence-electron chi connectivity index (χ4n) is 3.98. The monoisotopic (exact) mass is 495 g/mol. The van der Waals surface area contributed by atoms with Gasteiger partial charge in [-0.3, -0.25) is 9.48 Å². The molecule has 2 amide bonds. The number of halogens is 2. The molecule has 0 saturated carbocycles. The zero-order valence-electron chi connectivity index (χ0n) is 19.0. The predicted molar refractivity (Wildman–Crippen MR) is 129 cm³/mol. The number of hydrogen-bond acceptors (Lipinski definition) is 4. The van der Waals surface area contributed by atoms with Crippen LogP contribution >= 0.6 is 11.6 Å². The molecule has 3 aromatic rings. The predicted octanol–water partition coefficient (Wildman–Crippen LogP) is 4.42. The molecule has 2 aromatic heterocycles. The fourth-order valence-corrected chi connectivity index (χ4v) is 4.20. The van der Waals surface area contributed by atoms with Crippen molar-refractivity contribution < 1.29 is 19.1 Å².